The molecule has 1 aliphatic rings. The van der Waals surface area contributed by atoms with E-state index in [1.165, 1.54) is 12.1 Å². The SMILES string of the molecule is CC(C)NC(=O)CC(c1ccc(F)cc1)N1Cc2ccccc2C1=O. The quantitative estimate of drug-likeness (QED) is 0.906. The molecule has 0 aliphatic carbocycles. The van der Waals surface area contributed by atoms with Crippen LogP contribution >= 0.6 is 0 Å². The van der Waals surface area contributed by atoms with Gasteiger partial charge in [-0.3, -0.25) is 9.59 Å². The second-order valence-corrected chi connectivity index (χ2v) is 6.58. The Morgan fingerprint density at radius 2 is 1.84 bits per heavy atom. The molecule has 1 N–H and O–H groups in total. The highest BCUT2D eigenvalue weighted by molar-refractivity contribution is 5.98. The summed E-state index contributed by atoms with van der Waals surface area (Å²) in [4.78, 5) is 26.8. The Morgan fingerprint density at radius 3 is 2.48 bits per heavy atom. The van der Waals surface area contributed by atoms with Crippen LogP contribution in [0.25, 0.3) is 0 Å². The fraction of sp³-hybridized carbons (Fsp3) is 0.300. The van der Waals surface area contributed by atoms with E-state index in [0.717, 1.165) is 11.1 Å². The Morgan fingerprint density at radius 1 is 1.16 bits per heavy atom. The summed E-state index contributed by atoms with van der Waals surface area (Å²) in [6.45, 7) is 4.23. The lowest BCUT2D eigenvalue weighted by Crippen LogP contribution is -2.36. The number of carbonyl (C=O) groups is 2. The Kier molecular flexibility index (Phi) is 4.83. The lowest BCUT2D eigenvalue weighted by molar-refractivity contribution is -0.122. The maximum absolute atomic E-state index is 13.3. The number of hydrogen-bond acceptors (Lipinski definition) is 2. The van der Waals surface area contributed by atoms with Crippen LogP contribution in [0.2, 0.25) is 0 Å². The fourth-order valence-corrected chi connectivity index (χ4v) is 3.18. The van der Waals surface area contributed by atoms with Crippen LogP contribution < -0.4 is 5.32 Å². The topological polar surface area (TPSA) is 49.4 Å². The minimum absolute atomic E-state index is 0.0212. The number of fused-ring (bicyclic) bond motifs is 1. The fourth-order valence-electron chi connectivity index (χ4n) is 3.18. The summed E-state index contributed by atoms with van der Waals surface area (Å²) in [7, 11) is 0. The smallest absolute Gasteiger partial charge is 0.255 e. The van der Waals surface area contributed by atoms with Crippen LogP contribution in [0.5, 0.6) is 0 Å². The van der Waals surface area contributed by atoms with Gasteiger partial charge in [-0.1, -0.05) is 30.3 Å². The molecule has 3 rings (SSSR count). The Labute approximate surface area is 146 Å². The van der Waals surface area contributed by atoms with E-state index in [9.17, 15) is 14.0 Å². The van der Waals surface area contributed by atoms with Crippen LogP contribution in [-0.2, 0) is 11.3 Å². The Bertz CT molecular complexity index is 787. The molecular weight excluding hydrogens is 319 g/mol. The van der Waals surface area contributed by atoms with Gasteiger partial charge in [0.2, 0.25) is 5.91 Å². The van der Waals surface area contributed by atoms with Gasteiger partial charge in [0, 0.05) is 18.2 Å². The van der Waals surface area contributed by atoms with Gasteiger partial charge in [0.05, 0.1) is 12.5 Å². The predicted molar refractivity (Wildman–Crippen MR) is 93.4 cm³/mol. The molecule has 1 unspecified atom stereocenters. The van der Waals surface area contributed by atoms with Crippen molar-refractivity contribution in [1.29, 1.82) is 0 Å². The number of halogens is 1. The van der Waals surface area contributed by atoms with Crippen LogP contribution in [0.15, 0.2) is 48.5 Å². The van der Waals surface area contributed by atoms with Crippen LogP contribution in [0.4, 0.5) is 4.39 Å². The maximum atomic E-state index is 13.3. The number of nitrogens with one attached hydrogen (secondary N) is 1. The van der Waals surface area contributed by atoms with Crippen molar-refractivity contribution in [3.8, 4) is 0 Å². The van der Waals surface area contributed by atoms with E-state index in [2.05, 4.69) is 5.32 Å². The molecule has 0 aromatic heterocycles. The highest BCUT2D eigenvalue weighted by Crippen LogP contribution is 2.33. The third kappa shape index (κ3) is 3.71. The van der Waals surface area contributed by atoms with Gasteiger partial charge in [-0.15, -0.1) is 0 Å². The van der Waals surface area contributed by atoms with Crippen molar-refractivity contribution in [2.45, 2.75) is 38.9 Å². The molecule has 1 atom stereocenters. The summed E-state index contributed by atoms with van der Waals surface area (Å²) in [5, 5.41) is 2.86. The zero-order chi connectivity index (χ0) is 18.0. The molecule has 4 nitrogen and oxygen atoms in total. The first-order valence-corrected chi connectivity index (χ1v) is 8.39. The van der Waals surface area contributed by atoms with E-state index in [4.69, 9.17) is 0 Å². The van der Waals surface area contributed by atoms with E-state index >= 15 is 0 Å². The van der Waals surface area contributed by atoms with E-state index in [0.29, 0.717) is 12.1 Å². The van der Waals surface area contributed by atoms with Crippen molar-refractivity contribution >= 4 is 11.8 Å². The van der Waals surface area contributed by atoms with Crippen molar-refractivity contribution in [3.63, 3.8) is 0 Å². The summed E-state index contributed by atoms with van der Waals surface area (Å²) in [6.07, 6.45) is 0.142. The van der Waals surface area contributed by atoms with Gasteiger partial charge >= 0.3 is 0 Å². The molecule has 130 valence electrons. The first kappa shape index (κ1) is 17.1. The van der Waals surface area contributed by atoms with E-state index < -0.39 is 6.04 Å². The zero-order valence-corrected chi connectivity index (χ0v) is 14.3. The molecule has 2 amide bonds. The molecule has 0 fully saturated rings. The largest absolute Gasteiger partial charge is 0.354 e. The molecule has 25 heavy (non-hydrogen) atoms. The van der Waals surface area contributed by atoms with E-state index in [1.54, 1.807) is 23.1 Å². The molecule has 0 saturated carbocycles. The van der Waals surface area contributed by atoms with Gasteiger partial charge in [0.1, 0.15) is 5.82 Å². The molecule has 0 bridgehead atoms. The van der Waals surface area contributed by atoms with Gasteiger partial charge in [-0.2, -0.15) is 0 Å². The van der Waals surface area contributed by atoms with Gasteiger partial charge in [-0.25, -0.2) is 4.39 Å². The second kappa shape index (κ2) is 7.05. The number of rotatable bonds is 5. The maximum Gasteiger partial charge on any atom is 0.255 e. The summed E-state index contributed by atoms with van der Waals surface area (Å²) in [5.74, 6) is -0.569. The van der Waals surface area contributed by atoms with Crippen molar-refractivity contribution in [1.82, 2.24) is 10.2 Å². The molecule has 2 aromatic rings. The Balaban J connectivity index is 1.90. The van der Waals surface area contributed by atoms with Crippen molar-refractivity contribution in [2.75, 3.05) is 0 Å². The number of amides is 2. The number of nitrogens with zero attached hydrogens (tertiary/aromatic N) is 1. The van der Waals surface area contributed by atoms with Crippen LogP contribution in [0.3, 0.4) is 0 Å². The van der Waals surface area contributed by atoms with Crippen LogP contribution in [0, 0.1) is 5.82 Å². The highest BCUT2D eigenvalue weighted by atomic mass is 19.1. The normalized spacial score (nSPS) is 14.6. The standard InChI is InChI=1S/C20H21FN2O2/c1-13(2)22-19(24)11-18(14-7-9-16(21)10-8-14)23-12-15-5-3-4-6-17(15)20(23)25/h3-10,13,18H,11-12H2,1-2H3,(H,22,24). The third-order valence-electron chi connectivity index (χ3n) is 4.31. The number of hydrogen-bond donors (Lipinski definition) is 1. The first-order chi connectivity index (χ1) is 12.0. The second-order valence-electron chi connectivity index (χ2n) is 6.58. The van der Waals surface area contributed by atoms with Crippen LogP contribution in [0.1, 0.15) is 47.8 Å². The van der Waals surface area contributed by atoms with Crippen LogP contribution in [-0.4, -0.2) is 22.8 Å². The molecule has 5 heteroatoms. The molecule has 2 aromatic carbocycles. The molecule has 0 spiro atoms. The van der Waals surface area contributed by atoms with Crippen molar-refractivity contribution in [3.05, 3.63) is 71.0 Å². The Hall–Kier alpha value is -2.69. The zero-order valence-electron chi connectivity index (χ0n) is 14.3. The lowest BCUT2D eigenvalue weighted by Gasteiger charge is -2.28. The molecule has 1 aliphatic heterocycles. The minimum Gasteiger partial charge on any atom is -0.354 e. The van der Waals surface area contributed by atoms with E-state index in [1.807, 2.05) is 32.0 Å². The molecular formula is C20H21FN2O2. The number of carbonyl (C=O) groups excluding carboxylic acids is 2. The number of benzene rings is 2. The molecule has 1 heterocycles. The summed E-state index contributed by atoms with van der Waals surface area (Å²) < 4.78 is 13.3. The lowest BCUT2D eigenvalue weighted by atomic mass is 10.0. The van der Waals surface area contributed by atoms with Gasteiger partial charge in [-0.05, 0) is 43.2 Å². The monoisotopic (exact) mass is 340 g/mol. The minimum atomic E-state index is -0.431. The predicted octanol–water partition coefficient (Wildman–Crippen LogP) is 3.44. The van der Waals surface area contributed by atoms with Gasteiger partial charge in [0.15, 0.2) is 0 Å². The summed E-state index contributed by atoms with van der Waals surface area (Å²) in [6, 6.07) is 13.0. The molecule has 0 saturated heterocycles. The average molecular weight is 340 g/mol. The van der Waals surface area contributed by atoms with Crippen molar-refractivity contribution < 1.29 is 14.0 Å². The summed E-state index contributed by atoms with van der Waals surface area (Å²) >= 11 is 0. The first-order valence-electron chi connectivity index (χ1n) is 8.39. The van der Waals surface area contributed by atoms with Gasteiger partial charge in [0.25, 0.3) is 5.91 Å². The average Bonchev–Trinajstić information content (AvgIpc) is 2.90. The molecule has 0 radical (unpaired) electrons. The van der Waals surface area contributed by atoms with Gasteiger partial charge < -0.3 is 10.2 Å². The third-order valence-corrected chi connectivity index (χ3v) is 4.31. The highest BCUT2D eigenvalue weighted by Gasteiger charge is 2.34. The van der Waals surface area contributed by atoms with Crippen molar-refractivity contribution in [2.24, 2.45) is 0 Å². The van der Waals surface area contributed by atoms with E-state index in [-0.39, 0.29) is 30.1 Å². The summed E-state index contributed by atoms with van der Waals surface area (Å²) in [5.41, 5.74) is 2.37.